The van der Waals surface area contributed by atoms with Crippen LogP contribution in [0, 0.1) is 5.41 Å². The van der Waals surface area contributed by atoms with Crippen molar-refractivity contribution in [3.8, 4) is 0 Å². The van der Waals surface area contributed by atoms with Crippen molar-refractivity contribution in [3.63, 3.8) is 0 Å². The Morgan fingerprint density at radius 2 is 1.52 bits per heavy atom. The van der Waals surface area contributed by atoms with Crippen molar-refractivity contribution in [3.05, 3.63) is 35.4 Å². The molecule has 1 atom stereocenters. The van der Waals surface area contributed by atoms with Gasteiger partial charge in [-0.3, -0.25) is 14.4 Å². The summed E-state index contributed by atoms with van der Waals surface area (Å²) in [6.07, 6.45) is -0.564. The molecule has 3 N–H and O–H groups in total. The van der Waals surface area contributed by atoms with Gasteiger partial charge in [0.25, 0.3) is 5.91 Å². The molecule has 6 nitrogen and oxygen atoms in total. The molecule has 126 valence electrons. The van der Waals surface area contributed by atoms with E-state index in [1.165, 1.54) is 6.92 Å². The molecule has 0 radical (unpaired) electrons. The molecule has 1 aromatic carbocycles. The van der Waals surface area contributed by atoms with E-state index >= 15 is 0 Å². The summed E-state index contributed by atoms with van der Waals surface area (Å²) in [7, 11) is 0. The van der Waals surface area contributed by atoms with E-state index in [9.17, 15) is 19.5 Å². The molecule has 6 heteroatoms. The number of aliphatic carboxylic acids is 2. The smallest absolute Gasteiger partial charge is 0.311 e. The van der Waals surface area contributed by atoms with Crippen molar-refractivity contribution in [2.75, 3.05) is 6.54 Å². The molecule has 0 aromatic heterocycles. The standard InChI is InChI=1S/C17H23NO5/c1-16(2,3)12-7-5-11(6-8-12)14(21)18-10-17(4,15(22)23)9-13(19)20/h5-8H,9-10H2,1-4H3,(H,18,21)(H,19,20)(H,22,23). The van der Waals surface area contributed by atoms with Crippen molar-refractivity contribution >= 4 is 17.8 Å². The molecule has 0 bridgehead atoms. The molecule has 1 unspecified atom stereocenters. The summed E-state index contributed by atoms with van der Waals surface area (Å²) in [5.41, 5.74) is -0.0954. The van der Waals surface area contributed by atoms with Crippen LogP contribution in [0.5, 0.6) is 0 Å². The molecule has 0 aliphatic heterocycles. The first-order valence-electron chi connectivity index (χ1n) is 7.30. The van der Waals surface area contributed by atoms with Crippen LogP contribution in [0.15, 0.2) is 24.3 Å². The zero-order chi connectivity index (χ0) is 17.8. The Kier molecular flexibility index (Phi) is 5.53. The maximum atomic E-state index is 12.1. The zero-order valence-electron chi connectivity index (χ0n) is 13.8. The van der Waals surface area contributed by atoms with Crippen LogP contribution >= 0.6 is 0 Å². The number of carboxylic acids is 2. The summed E-state index contributed by atoms with van der Waals surface area (Å²) in [4.78, 5) is 34.1. The minimum absolute atomic E-state index is 0.0294. The van der Waals surface area contributed by atoms with Gasteiger partial charge in [0.2, 0.25) is 0 Å². The van der Waals surface area contributed by atoms with Crippen LogP contribution < -0.4 is 5.32 Å². The van der Waals surface area contributed by atoms with Crippen molar-refractivity contribution < 1.29 is 24.6 Å². The van der Waals surface area contributed by atoms with Crippen molar-refractivity contribution in [1.29, 1.82) is 0 Å². The quantitative estimate of drug-likeness (QED) is 0.745. The lowest BCUT2D eigenvalue weighted by molar-refractivity contribution is -0.154. The fourth-order valence-corrected chi connectivity index (χ4v) is 2.05. The third-order valence-electron chi connectivity index (χ3n) is 3.71. The Morgan fingerprint density at radius 3 is 1.91 bits per heavy atom. The highest BCUT2D eigenvalue weighted by molar-refractivity contribution is 5.94. The number of hydrogen-bond acceptors (Lipinski definition) is 3. The highest BCUT2D eigenvalue weighted by Gasteiger charge is 2.36. The second-order valence-electron chi connectivity index (χ2n) is 6.95. The normalized spacial score (nSPS) is 13.9. The van der Waals surface area contributed by atoms with Gasteiger partial charge in [-0.05, 0) is 30.0 Å². The molecule has 0 heterocycles. The largest absolute Gasteiger partial charge is 0.481 e. The summed E-state index contributed by atoms with van der Waals surface area (Å²) >= 11 is 0. The minimum Gasteiger partial charge on any atom is -0.481 e. The van der Waals surface area contributed by atoms with Crippen LogP contribution in [0.2, 0.25) is 0 Å². The molecule has 1 aromatic rings. The molecule has 0 fully saturated rings. The van der Waals surface area contributed by atoms with Gasteiger partial charge in [0.15, 0.2) is 0 Å². The van der Waals surface area contributed by atoms with Crippen LogP contribution in [0.3, 0.4) is 0 Å². The topological polar surface area (TPSA) is 104 Å². The average molecular weight is 321 g/mol. The average Bonchev–Trinajstić information content (AvgIpc) is 2.43. The zero-order valence-corrected chi connectivity index (χ0v) is 13.8. The van der Waals surface area contributed by atoms with Crippen LogP contribution in [0.25, 0.3) is 0 Å². The molecule has 0 aliphatic rings. The van der Waals surface area contributed by atoms with Gasteiger partial charge in [0, 0.05) is 12.1 Å². The fourth-order valence-electron chi connectivity index (χ4n) is 2.05. The molecular formula is C17H23NO5. The summed E-state index contributed by atoms with van der Waals surface area (Å²) in [5.74, 6) is -2.91. The van der Waals surface area contributed by atoms with Gasteiger partial charge in [0.05, 0.1) is 11.8 Å². The van der Waals surface area contributed by atoms with Crippen molar-refractivity contribution in [1.82, 2.24) is 5.32 Å². The molecule has 1 rings (SSSR count). The first kappa shape index (κ1) is 18.7. The maximum absolute atomic E-state index is 12.1. The monoisotopic (exact) mass is 321 g/mol. The van der Waals surface area contributed by atoms with Gasteiger partial charge in [-0.15, -0.1) is 0 Å². The first-order chi connectivity index (χ1) is 10.5. The van der Waals surface area contributed by atoms with E-state index in [1.807, 2.05) is 12.1 Å². The van der Waals surface area contributed by atoms with E-state index in [4.69, 9.17) is 5.11 Å². The SMILES string of the molecule is CC(CNC(=O)c1ccc(C(C)(C)C)cc1)(CC(=O)O)C(=O)O. The van der Waals surface area contributed by atoms with Gasteiger partial charge >= 0.3 is 11.9 Å². The Labute approximate surface area is 135 Å². The van der Waals surface area contributed by atoms with Crippen LogP contribution in [-0.4, -0.2) is 34.6 Å². The lowest BCUT2D eigenvalue weighted by Crippen LogP contribution is -2.42. The predicted molar refractivity (Wildman–Crippen MR) is 85.5 cm³/mol. The maximum Gasteiger partial charge on any atom is 0.311 e. The van der Waals surface area contributed by atoms with Crippen LogP contribution in [0.4, 0.5) is 0 Å². The summed E-state index contributed by atoms with van der Waals surface area (Å²) < 4.78 is 0. The summed E-state index contributed by atoms with van der Waals surface area (Å²) in [6.45, 7) is 7.23. The summed E-state index contributed by atoms with van der Waals surface area (Å²) in [6, 6.07) is 7.04. The number of nitrogens with one attached hydrogen (secondary N) is 1. The van der Waals surface area contributed by atoms with Crippen molar-refractivity contribution in [2.45, 2.75) is 39.5 Å². The van der Waals surface area contributed by atoms with E-state index in [1.54, 1.807) is 12.1 Å². The number of carbonyl (C=O) groups excluding carboxylic acids is 1. The highest BCUT2D eigenvalue weighted by Crippen LogP contribution is 2.23. The number of carbonyl (C=O) groups is 3. The number of carboxylic acid groups (broad SMARTS) is 2. The van der Waals surface area contributed by atoms with Gasteiger partial charge < -0.3 is 15.5 Å². The number of hydrogen-bond donors (Lipinski definition) is 3. The van der Waals surface area contributed by atoms with Crippen molar-refractivity contribution in [2.24, 2.45) is 5.41 Å². The Balaban J connectivity index is 2.79. The van der Waals surface area contributed by atoms with E-state index in [0.29, 0.717) is 5.56 Å². The highest BCUT2D eigenvalue weighted by atomic mass is 16.4. The third kappa shape index (κ3) is 5.09. The van der Waals surface area contributed by atoms with Crippen LogP contribution in [-0.2, 0) is 15.0 Å². The predicted octanol–water partition coefficient (Wildman–Crippen LogP) is 2.28. The molecule has 1 amide bonds. The van der Waals surface area contributed by atoms with E-state index in [0.717, 1.165) is 5.56 Å². The van der Waals surface area contributed by atoms with Gasteiger partial charge in [-0.2, -0.15) is 0 Å². The van der Waals surface area contributed by atoms with Gasteiger partial charge in [-0.25, -0.2) is 0 Å². The lowest BCUT2D eigenvalue weighted by atomic mass is 9.86. The minimum atomic E-state index is -1.55. The number of amides is 1. The number of rotatable bonds is 6. The molecule has 23 heavy (non-hydrogen) atoms. The molecule has 0 aliphatic carbocycles. The second kappa shape index (κ2) is 6.81. The fraction of sp³-hybridized carbons (Fsp3) is 0.471. The Morgan fingerprint density at radius 1 is 1.00 bits per heavy atom. The Hall–Kier alpha value is -2.37. The molecule has 0 spiro atoms. The van der Waals surface area contributed by atoms with Gasteiger partial charge in [0.1, 0.15) is 0 Å². The number of benzene rings is 1. The molecule has 0 saturated carbocycles. The second-order valence-corrected chi connectivity index (χ2v) is 6.95. The van der Waals surface area contributed by atoms with E-state index in [2.05, 4.69) is 26.1 Å². The molecule has 0 saturated heterocycles. The van der Waals surface area contributed by atoms with E-state index < -0.39 is 29.7 Å². The van der Waals surface area contributed by atoms with Crippen LogP contribution in [0.1, 0.15) is 50.0 Å². The Bertz CT molecular complexity index is 600. The summed E-state index contributed by atoms with van der Waals surface area (Å²) in [5, 5.41) is 20.5. The first-order valence-corrected chi connectivity index (χ1v) is 7.30. The molecular weight excluding hydrogens is 298 g/mol. The third-order valence-corrected chi connectivity index (χ3v) is 3.71. The lowest BCUT2D eigenvalue weighted by Gasteiger charge is -2.23. The van der Waals surface area contributed by atoms with E-state index in [-0.39, 0.29) is 12.0 Å². The van der Waals surface area contributed by atoms with Gasteiger partial charge in [-0.1, -0.05) is 32.9 Å².